The summed E-state index contributed by atoms with van der Waals surface area (Å²) in [6.07, 6.45) is 0. The molecule has 3 aromatic rings. The molecule has 0 saturated heterocycles. The minimum absolute atomic E-state index is 0.0199. The Hall–Kier alpha value is -2.60. The van der Waals surface area contributed by atoms with Gasteiger partial charge in [-0.2, -0.15) is 0 Å². The molecule has 0 atom stereocenters. The lowest BCUT2D eigenvalue weighted by Gasteiger charge is -2.14. The van der Waals surface area contributed by atoms with E-state index < -0.39 is 11.5 Å². The highest BCUT2D eigenvalue weighted by molar-refractivity contribution is 7.09. The number of para-hydroxylation sites is 1. The molecule has 0 spiro atoms. The first kappa shape index (κ1) is 16.3. The van der Waals surface area contributed by atoms with E-state index in [-0.39, 0.29) is 12.2 Å². The summed E-state index contributed by atoms with van der Waals surface area (Å²) in [5.74, 6) is -0.615. The second kappa shape index (κ2) is 6.88. The Morgan fingerprint density at radius 3 is 2.83 bits per heavy atom. The fraction of sp³-hybridized carbons (Fsp3) is 0.222. The number of H-pyrrole nitrogens is 1. The zero-order chi connectivity index (χ0) is 17.1. The number of hydrogen-bond acceptors (Lipinski definition) is 5. The zero-order valence-corrected chi connectivity index (χ0v) is 14.3. The van der Waals surface area contributed by atoms with Crippen LogP contribution in [0.15, 0.2) is 40.5 Å². The van der Waals surface area contributed by atoms with Crippen molar-refractivity contribution >= 4 is 33.9 Å². The number of aromatic nitrogens is 1. The summed E-state index contributed by atoms with van der Waals surface area (Å²) in [6.45, 7) is 4.40. The first-order chi connectivity index (χ1) is 11.6. The third-order valence-electron chi connectivity index (χ3n) is 3.76. The van der Waals surface area contributed by atoms with Crippen LogP contribution in [0.5, 0.6) is 0 Å². The number of pyridine rings is 1. The van der Waals surface area contributed by atoms with E-state index in [0.717, 1.165) is 21.3 Å². The molecule has 2 heterocycles. The first-order valence-electron chi connectivity index (χ1n) is 7.70. The highest BCUT2D eigenvalue weighted by atomic mass is 32.1. The second-order valence-corrected chi connectivity index (χ2v) is 6.39. The molecular weight excluding hydrogens is 324 g/mol. The highest BCUT2D eigenvalue weighted by Gasteiger charge is 2.21. The molecule has 0 unspecified atom stereocenters. The van der Waals surface area contributed by atoms with Crippen LogP contribution in [0.4, 0.5) is 5.69 Å². The van der Waals surface area contributed by atoms with Crippen LogP contribution in [-0.2, 0) is 11.3 Å². The van der Waals surface area contributed by atoms with E-state index in [9.17, 15) is 9.59 Å². The minimum atomic E-state index is -0.615. The molecule has 0 aliphatic rings. The maximum atomic E-state index is 12.5. The molecule has 1 aromatic carbocycles. The standard InChI is InChI=1S/C18H18N2O3S/c1-3-23-18(22)14-16(19-10-12-7-5-9-24-12)13-8-4-6-11(2)15(13)20-17(14)21/h4-9H,3,10H2,1-2H3,(H2,19,20,21). The quantitative estimate of drug-likeness (QED) is 0.694. The van der Waals surface area contributed by atoms with Crippen LogP contribution in [0.1, 0.15) is 27.7 Å². The molecule has 5 nitrogen and oxygen atoms in total. The average molecular weight is 342 g/mol. The Kier molecular flexibility index (Phi) is 4.66. The van der Waals surface area contributed by atoms with Gasteiger partial charge in [-0.05, 0) is 30.9 Å². The van der Waals surface area contributed by atoms with Crippen molar-refractivity contribution in [2.24, 2.45) is 0 Å². The summed E-state index contributed by atoms with van der Waals surface area (Å²) in [5, 5.41) is 6.05. The number of carbonyl (C=O) groups is 1. The van der Waals surface area contributed by atoms with Gasteiger partial charge in [0, 0.05) is 16.8 Å². The Morgan fingerprint density at radius 2 is 2.12 bits per heavy atom. The Morgan fingerprint density at radius 1 is 1.29 bits per heavy atom. The van der Waals surface area contributed by atoms with E-state index in [1.54, 1.807) is 18.3 Å². The van der Waals surface area contributed by atoms with Crippen molar-refractivity contribution in [2.75, 3.05) is 11.9 Å². The minimum Gasteiger partial charge on any atom is -0.462 e. The normalized spacial score (nSPS) is 10.8. The number of hydrogen-bond donors (Lipinski definition) is 2. The van der Waals surface area contributed by atoms with Gasteiger partial charge in [0.1, 0.15) is 5.56 Å². The predicted molar refractivity (Wildman–Crippen MR) is 96.9 cm³/mol. The molecule has 0 saturated carbocycles. The van der Waals surface area contributed by atoms with Crippen molar-refractivity contribution in [1.82, 2.24) is 4.98 Å². The van der Waals surface area contributed by atoms with Crippen LogP contribution in [-0.4, -0.2) is 17.6 Å². The summed E-state index contributed by atoms with van der Waals surface area (Å²) in [4.78, 5) is 28.7. The lowest BCUT2D eigenvalue weighted by molar-refractivity contribution is 0.0525. The van der Waals surface area contributed by atoms with Crippen LogP contribution in [0.25, 0.3) is 10.9 Å². The number of fused-ring (bicyclic) bond motifs is 1. The van der Waals surface area contributed by atoms with E-state index in [1.807, 2.05) is 42.6 Å². The zero-order valence-electron chi connectivity index (χ0n) is 13.5. The van der Waals surface area contributed by atoms with Crippen LogP contribution in [0, 0.1) is 6.92 Å². The summed E-state index contributed by atoms with van der Waals surface area (Å²) in [7, 11) is 0. The molecule has 0 bridgehead atoms. The van der Waals surface area contributed by atoms with E-state index >= 15 is 0 Å². The van der Waals surface area contributed by atoms with Gasteiger partial charge in [0.25, 0.3) is 5.56 Å². The van der Waals surface area contributed by atoms with Gasteiger partial charge in [0.15, 0.2) is 0 Å². The van der Waals surface area contributed by atoms with Crippen LogP contribution < -0.4 is 10.9 Å². The number of thiophene rings is 1. The van der Waals surface area contributed by atoms with Gasteiger partial charge in [-0.15, -0.1) is 11.3 Å². The van der Waals surface area contributed by atoms with E-state index in [1.165, 1.54) is 0 Å². The topological polar surface area (TPSA) is 71.2 Å². The van der Waals surface area contributed by atoms with Crippen molar-refractivity contribution in [3.8, 4) is 0 Å². The van der Waals surface area contributed by atoms with E-state index in [2.05, 4.69) is 10.3 Å². The van der Waals surface area contributed by atoms with Crippen LogP contribution >= 0.6 is 11.3 Å². The Labute approximate surface area is 143 Å². The van der Waals surface area contributed by atoms with Gasteiger partial charge in [-0.1, -0.05) is 24.3 Å². The first-order valence-corrected chi connectivity index (χ1v) is 8.58. The van der Waals surface area contributed by atoms with Gasteiger partial charge in [0.2, 0.25) is 0 Å². The number of aromatic amines is 1. The van der Waals surface area contributed by atoms with Crippen molar-refractivity contribution < 1.29 is 9.53 Å². The van der Waals surface area contributed by atoms with Crippen LogP contribution in [0.3, 0.4) is 0 Å². The van der Waals surface area contributed by atoms with Crippen molar-refractivity contribution in [1.29, 1.82) is 0 Å². The fourth-order valence-electron chi connectivity index (χ4n) is 2.64. The van der Waals surface area contributed by atoms with Gasteiger partial charge >= 0.3 is 5.97 Å². The number of nitrogens with one attached hydrogen (secondary N) is 2. The number of benzene rings is 1. The molecule has 124 valence electrons. The molecule has 2 N–H and O–H groups in total. The summed E-state index contributed by atoms with van der Waals surface area (Å²) >= 11 is 1.61. The number of carbonyl (C=O) groups excluding carboxylic acids is 1. The SMILES string of the molecule is CCOC(=O)c1c(NCc2cccs2)c2cccc(C)c2[nH]c1=O. The highest BCUT2D eigenvalue weighted by Crippen LogP contribution is 2.27. The molecule has 2 aromatic heterocycles. The summed E-state index contributed by atoms with van der Waals surface area (Å²) < 4.78 is 5.07. The molecule has 0 aliphatic carbocycles. The fourth-order valence-corrected chi connectivity index (χ4v) is 3.28. The van der Waals surface area contributed by atoms with Crippen molar-refractivity contribution in [3.05, 3.63) is 62.1 Å². The summed E-state index contributed by atoms with van der Waals surface area (Å²) in [5.41, 5.74) is 1.77. The molecule has 6 heteroatoms. The maximum absolute atomic E-state index is 12.5. The average Bonchev–Trinajstić information content (AvgIpc) is 3.07. The summed E-state index contributed by atoms with van der Waals surface area (Å²) in [6, 6.07) is 9.68. The third-order valence-corrected chi connectivity index (χ3v) is 4.63. The maximum Gasteiger partial charge on any atom is 0.345 e. The third kappa shape index (κ3) is 3.05. The number of ether oxygens (including phenoxy) is 1. The van der Waals surface area contributed by atoms with Gasteiger partial charge in [-0.3, -0.25) is 4.79 Å². The molecule has 0 aliphatic heterocycles. The number of anilines is 1. The molecule has 0 radical (unpaired) electrons. The van der Waals surface area contributed by atoms with Crippen LogP contribution in [0.2, 0.25) is 0 Å². The lowest BCUT2D eigenvalue weighted by atomic mass is 10.1. The van der Waals surface area contributed by atoms with Gasteiger partial charge < -0.3 is 15.0 Å². The Bertz CT molecular complexity index is 929. The second-order valence-electron chi connectivity index (χ2n) is 5.35. The largest absolute Gasteiger partial charge is 0.462 e. The monoisotopic (exact) mass is 342 g/mol. The lowest BCUT2D eigenvalue weighted by Crippen LogP contribution is -2.23. The van der Waals surface area contributed by atoms with E-state index in [4.69, 9.17) is 4.74 Å². The Balaban J connectivity index is 2.16. The van der Waals surface area contributed by atoms with Gasteiger partial charge in [0.05, 0.1) is 17.8 Å². The predicted octanol–water partition coefficient (Wildman–Crippen LogP) is 3.69. The number of esters is 1. The van der Waals surface area contributed by atoms with Crippen molar-refractivity contribution in [2.45, 2.75) is 20.4 Å². The molecule has 24 heavy (non-hydrogen) atoms. The van der Waals surface area contributed by atoms with Crippen molar-refractivity contribution in [3.63, 3.8) is 0 Å². The smallest absolute Gasteiger partial charge is 0.345 e. The number of aryl methyl sites for hydroxylation is 1. The molecule has 0 amide bonds. The molecule has 0 fully saturated rings. The van der Waals surface area contributed by atoms with E-state index in [0.29, 0.717) is 12.2 Å². The molecular formula is C18H18N2O3S. The number of rotatable bonds is 5. The van der Waals surface area contributed by atoms with Gasteiger partial charge in [-0.25, -0.2) is 4.79 Å². The molecule has 3 rings (SSSR count).